The second-order valence-electron chi connectivity index (χ2n) is 4.59. The highest BCUT2D eigenvalue weighted by molar-refractivity contribution is 5.77. The summed E-state index contributed by atoms with van der Waals surface area (Å²) in [6.45, 7) is 4.08. The van der Waals surface area contributed by atoms with Crippen molar-refractivity contribution in [3.63, 3.8) is 0 Å². The molecular formula is C13H18FNO3. The van der Waals surface area contributed by atoms with Crippen LogP contribution in [0.2, 0.25) is 0 Å². The quantitative estimate of drug-likeness (QED) is 0.844. The average Bonchev–Trinajstić information content (AvgIpc) is 2.31. The number of halogens is 1. The molecule has 100 valence electrons. The van der Waals surface area contributed by atoms with E-state index >= 15 is 0 Å². The highest BCUT2D eigenvalue weighted by Crippen LogP contribution is 2.13. The minimum atomic E-state index is -0.938. The highest BCUT2D eigenvalue weighted by Gasteiger charge is 2.31. The summed E-state index contributed by atoms with van der Waals surface area (Å²) in [5, 5.41) is 9.03. The molecule has 1 aromatic carbocycles. The predicted molar refractivity (Wildman–Crippen MR) is 66.2 cm³/mol. The van der Waals surface area contributed by atoms with Crippen LogP contribution in [0.25, 0.3) is 0 Å². The van der Waals surface area contributed by atoms with Crippen molar-refractivity contribution in [1.82, 2.24) is 4.90 Å². The number of hydrogen-bond donors (Lipinski definition) is 1. The summed E-state index contributed by atoms with van der Waals surface area (Å²) in [6.07, 6.45) is 0. The standard InChI is InChI=1S/C13H18FNO3/c1-13(2,12(16)17)15(3)8-9-18-11-6-4-10(14)5-7-11/h4-7H,8-9H2,1-3H3,(H,16,17). The van der Waals surface area contributed by atoms with Crippen LogP contribution < -0.4 is 4.74 Å². The van der Waals surface area contributed by atoms with E-state index in [4.69, 9.17) is 9.84 Å². The van der Waals surface area contributed by atoms with Crippen LogP contribution in [-0.4, -0.2) is 41.7 Å². The van der Waals surface area contributed by atoms with Gasteiger partial charge in [0.05, 0.1) is 0 Å². The summed E-state index contributed by atoms with van der Waals surface area (Å²) in [7, 11) is 1.72. The number of nitrogens with zero attached hydrogens (tertiary/aromatic N) is 1. The number of rotatable bonds is 6. The Morgan fingerprint density at radius 3 is 2.44 bits per heavy atom. The fourth-order valence-electron chi connectivity index (χ4n) is 1.27. The summed E-state index contributed by atoms with van der Waals surface area (Å²) in [4.78, 5) is 12.7. The third-order valence-electron chi connectivity index (χ3n) is 2.99. The molecule has 0 fully saturated rings. The molecule has 1 N–H and O–H groups in total. The Kier molecular flexibility index (Phi) is 4.67. The predicted octanol–water partition coefficient (Wildman–Crippen LogP) is 2.00. The van der Waals surface area contributed by atoms with E-state index in [2.05, 4.69) is 0 Å². The first-order valence-electron chi connectivity index (χ1n) is 5.67. The SMILES string of the molecule is CN(CCOc1ccc(F)cc1)C(C)(C)C(=O)O. The first-order valence-corrected chi connectivity index (χ1v) is 5.67. The van der Waals surface area contributed by atoms with Gasteiger partial charge >= 0.3 is 5.97 Å². The van der Waals surface area contributed by atoms with E-state index in [9.17, 15) is 9.18 Å². The minimum Gasteiger partial charge on any atom is -0.492 e. The molecule has 0 aliphatic heterocycles. The van der Waals surface area contributed by atoms with Gasteiger partial charge in [-0.15, -0.1) is 0 Å². The van der Waals surface area contributed by atoms with E-state index in [1.807, 2.05) is 0 Å². The lowest BCUT2D eigenvalue weighted by atomic mass is 10.0. The van der Waals surface area contributed by atoms with E-state index in [0.717, 1.165) is 0 Å². The van der Waals surface area contributed by atoms with Gasteiger partial charge in [-0.05, 0) is 45.2 Å². The molecule has 0 saturated carbocycles. The van der Waals surface area contributed by atoms with Crippen LogP contribution in [0.3, 0.4) is 0 Å². The van der Waals surface area contributed by atoms with Gasteiger partial charge in [0.15, 0.2) is 0 Å². The van der Waals surface area contributed by atoms with Crippen molar-refractivity contribution in [2.75, 3.05) is 20.2 Å². The smallest absolute Gasteiger partial charge is 0.323 e. The lowest BCUT2D eigenvalue weighted by molar-refractivity contribution is -0.148. The molecular weight excluding hydrogens is 237 g/mol. The largest absolute Gasteiger partial charge is 0.492 e. The van der Waals surface area contributed by atoms with Crippen molar-refractivity contribution in [3.8, 4) is 5.75 Å². The minimum absolute atomic E-state index is 0.313. The topological polar surface area (TPSA) is 49.8 Å². The fraction of sp³-hybridized carbons (Fsp3) is 0.462. The summed E-state index contributed by atoms with van der Waals surface area (Å²) in [5.74, 6) is -0.629. The van der Waals surface area contributed by atoms with Gasteiger partial charge in [0.1, 0.15) is 23.7 Å². The first-order chi connectivity index (χ1) is 8.34. The zero-order valence-corrected chi connectivity index (χ0v) is 10.8. The summed E-state index contributed by atoms with van der Waals surface area (Å²) >= 11 is 0. The lowest BCUT2D eigenvalue weighted by Crippen LogP contribution is -2.49. The molecule has 0 spiro atoms. The number of aliphatic carboxylic acids is 1. The van der Waals surface area contributed by atoms with Crippen LogP contribution in [0, 0.1) is 5.82 Å². The molecule has 0 radical (unpaired) electrons. The number of carboxylic acid groups (broad SMARTS) is 1. The van der Waals surface area contributed by atoms with Gasteiger partial charge in [-0.2, -0.15) is 0 Å². The Morgan fingerprint density at radius 1 is 1.39 bits per heavy atom. The Labute approximate surface area is 106 Å². The molecule has 0 aromatic heterocycles. The molecule has 0 bridgehead atoms. The molecule has 0 aliphatic carbocycles. The molecule has 0 unspecified atom stereocenters. The van der Waals surface area contributed by atoms with Gasteiger partial charge in [0.2, 0.25) is 0 Å². The zero-order valence-electron chi connectivity index (χ0n) is 10.8. The zero-order chi connectivity index (χ0) is 13.8. The van der Waals surface area contributed by atoms with Gasteiger partial charge < -0.3 is 9.84 Å². The first kappa shape index (κ1) is 14.4. The maximum atomic E-state index is 12.7. The number of likely N-dealkylation sites (N-methyl/N-ethyl adjacent to an activating group) is 1. The van der Waals surface area contributed by atoms with E-state index in [-0.39, 0.29) is 5.82 Å². The van der Waals surface area contributed by atoms with Crippen molar-refractivity contribution < 1.29 is 19.0 Å². The molecule has 0 atom stereocenters. The molecule has 0 saturated heterocycles. The third-order valence-corrected chi connectivity index (χ3v) is 2.99. The van der Waals surface area contributed by atoms with Gasteiger partial charge in [-0.25, -0.2) is 4.39 Å². The van der Waals surface area contributed by atoms with Gasteiger partial charge in [0, 0.05) is 6.54 Å². The lowest BCUT2D eigenvalue weighted by Gasteiger charge is -2.31. The van der Waals surface area contributed by atoms with Crippen LogP contribution in [0.1, 0.15) is 13.8 Å². The van der Waals surface area contributed by atoms with Gasteiger partial charge in [-0.1, -0.05) is 0 Å². The van der Waals surface area contributed by atoms with Crippen molar-refractivity contribution >= 4 is 5.97 Å². The number of carbonyl (C=O) groups is 1. The average molecular weight is 255 g/mol. The van der Waals surface area contributed by atoms with Crippen LogP contribution in [-0.2, 0) is 4.79 Å². The normalized spacial score (nSPS) is 11.6. The molecule has 1 rings (SSSR count). The Balaban J connectivity index is 2.42. The molecule has 0 heterocycles. The second-order valence-corrected chi connectivity index (χ2v) is 4.59. The van der Waals surface area contributed by atoms with Crippen LogP contribution in [0.15, 0.2) is 24.3 Å². The monoisotopic (exact) mass is 255 g/mol. The molecule has 1 aromatic rings. The van der Waals surface area contributed by atoms with E-state index < -0.39 is 11.5 Å². The number of carboxylic acids is 1. The summed E-state index contributed by atoms with van der Waals surface area (Å²) < 4.78 is 18.1. The second kappa shape index (κ2) is 5.82. The molecule has 5 heteroatoms. The molecule has 0 aliphatic rings. The summed E-state index contributed by atoms with van der Waals surface area (Å²) in [6, 6.07) is 5.72. The summed E-state index contributed by atoms with van der Waals surface area (Å²) in [5.41, 5.74) is -0.938. The third kappa shape index (κ3) is 3.70. The van der Waals surface area contributed by atoms with E-state index in [1.165, 1.54) is 24.3 Å². The van der Waals surface area contributed by atoms with Crippen LogP contribution in [0.5, 0.6) is 5.75 Å². The maximum Gasteiger partial charge on any atom is 0.323 e. The number of benzene rings is 1. The van der Waals surface area contributed by atoms with Crippen molar-refractivity contribution in [2.24, 2.45) is 0 Å². The highest BCUT2D eigenvalue weighted by atomic mass is 19.1. The van der Waals surface area contributed by atoms with Crippen molar-refractivity contribution in [3.05, 3.63) is 30.1 Å². The molecule has 0 amide bonds. The van der Waals surface area contributed by atoms with Crippen LogP contribution in [0.4, 0.5) is 4.39 Å². The van der Waals surface area contributed by atoms with Gasteiger partial charge in [-0.3, -0.25) is 9.69 Å². The van der Waals surface area contributed by atoms with Crippen molar-refractivity contribution in [2.45, 2.75) is 19.4 Å². The Bertz CT molecular complexity index is 403. The van der Waals surface area contributed by atoms with Crippen LogP contribution >= 0.6 is 0 Å². The Hall–Kier alpha value is -1.62. The van der Waals surface area contributed by atoms with Crippen molar-refractivity contribution in [1.29, 1.82) is 0 Å². The van der Waals surface area contributed by atoms with Gasteiger partial charge in [0.25, 0.3) is 0 Å². The Morgan fingerprint density at radius 2 is 1.94 bits per heavy atom. The fourth-order valence-corrected chi connectivity index (χ4v) is 1.27. The maximum absolute atomic E-state index is 12.7. The molecule has 4 nitrogen and oxygen atoms in total. The van der Waals surface area contributed by atoms with E-state index in [1.54, 1.807) is 25.8 Å². The van der Waals surface area contributed by atoms with E-state index in [0.29, 0.717) is 18.9 Å². The molecule has 18 heavy (non-hydrogen) atoms. The number of ether oxygens (including phenoxy) is 1. The number of hydrogen-bond acceptors (Lipinski definition) is 3.